The molecule has 18 heavy (non-hydrogen) atoms. The van der Waals surface area contributed by atoms with Crippen LogP contribution >= 0.6 is 15.9 Å². The second kappa shape index (κ2) is 5.58. The molecule has 0 aliphatic rings. The molecule has 0 saturated carbocycles. The van der Waals surface area contributed by atoms with Crippen molar-refractivity contribution in [3.8, 4) is 0 Å². The second-order valence-corrected chi connectivity index (χ2v) is 4.44. The Morgan fingerprint density at radius 1 is 1.50 bits per heavy atom. The van der Waals surface area contributed by atoms with Crippen LogP contribution in [0.1, 0.15) is 5.82 Å². The molecule has 0 atom stereocenters. The molecule has 0 unspecified atom stereocenters. The zero-order chi connectivity index (χ0) is 13.0. The first-order valence-corrected chi connectivity index (χ1v) is 5.91. The van der Waals surface area contributed by atoms with Gasteiger partial charge in [0.25, 0.3) is 5.56 Å². The summed E-state index contributed by atoms with van der Waals surface area (Å²) in [5, 5.41) is 8.92. The van der Waals surface area contributed by atoms with E-state index in [0.29, 0.717) is 5.82 Å². The number of carbonyl (C=O) groups is 1. The van der Waals surface area contributed by atoms with Crippen LogP contribution in [-0.4, -0.2) is 25.7 Å². The van der Waals surface area contributed by atoms with Crippen molar-refractivity contribution in [3.63, 3.8) is 0 Å². The van der Waals surface area contributed by atoms with Crippen molar-refractivity contribution < 1.29 is 4.79 Å². The number of pyridine rings is 1. The molecular weight excluding hydrogens is 302 g/mol. The average molecular weight is 312 g/mol. The number of rotatable bonds is 4. The molecule has 0 aliphatic heterocycles. The zero-order valence-corrected chi connectivity index (χ0v) is 10.8. The van der Waals surface area contributed by atoms with Crippen molar-refractivity contribution >= 4 is 21.8 Å². The fraction of sp³-hybridized carbons (Fsp3) is 0.200. The molecule has 0 bridgehead atoms. The number of hydrogen-bond donors (Lipinski definition) is 2. The van der Waals surface area contributed by atoms with Crippen molar-refractivity contribution in [2.24, 2.45) is 0 Å². The number of nitrogens with one attached hydrogen (secondary N) is 2. The standard InChI is InChI=1S/C10H10BrN5O2/c11-7-1-2-10(18)16(4-7)5-9(17)12-3-8-13-6-14-15-8/h1-2,4,6H,3,5H2,(H,12,17)(H,13,14,15). The Kier molecular flexibility index (Phi) is 3.88. The monoisotopic (exact) mass is 311 g/mol. The quantitative estimate of drug-likeness (QED) is 0.834. The molecule has 2 rings (SSSR count). The summed E-state index contributed by atoms with van der Waals surface area (Å²) in [5.41, 5.74) is -0.229. The van der Waals surface area contributed by atoms with Gasteiger partial charge < -0.3 is 9.88 Å². The molecule has 94 valence electrons. The zero-order valence-electron chi connectivity index (χ0n) is 9.26. The van der Waals surface area contributed by atoms with Crippen LogP contribution in [0.25, 0.3) is 0 Å². The topological polar surface area (TPSA) is 92.7 Å². The number of halogens is 1. The van der Waals surface area contributed by atoms with E-state index in [9.17, 15) is 9.59 Å². The maximum atomic E-state index is 11.6. The molecule has 0 aromatic carbocycles. The largest absolute Gasteiger partial charge is 0.347 e. The van der Waals surface area contributed by atoms with Crippen molar-refractivity contribution in [1.29, 1.82) is 0 Å². The fourth-order valence-electron chi connectivity index (χ4n) is 1.33. The van der Waals surface area contributed by atoms with E-state index in [1.54, 1.807) is 12.3 Å². The number of hydrogen-bond acceptors (Lipinski definition) is 4. The predicted octanol–water partition coefficient (Wildman–Crippen LogP) is 0.0453. The van der Waals surface area contributed by atoms with E-state index >= 15 is 0 Å². The molecule has 2 aromatic heterocycles. The van der Waals surface area contributed by atoms with Crippen molar-refractivity contribution in [3.05, 3.63) is 45.3 Å². The number of aromatic amines is 1. The molecule has 8 heteroatoms. The molecule has 0 radical (unpaired) electrons. The van der Waals surface area contributed by atoms with Gasteiger partial charge in [-0.2, -0.15) is 5.10 Å². The van der Waals surface area contributed by atoms with Gasteiger partial charge in [0.15, 0.2) is 0 Å². The van der Waals surface area contributed by atoms with E-state index in [-0.39, 0.29) is 24.6 Å². The summed E-state index contributed by atoms with van der Waals surface area (Å²) in [6.07, 6.45) is 2.93. The summed E-state index contributed by atoms with van der Waals surface area (Å²) in [5.74, 6) is 0.288. The van der Waals surface area contributed by atoms with E-state index in [0.717, 1.165) is 4.47 Å². The number of carbonyl (C=O) groups excluding carboxylic acids is 1. The highest BCUT2D eigenvalue weighted by atomic mass is 79.9. The van der Waals surface area contributed by atoms with Gasteiger partial charge in [0.1, 0.15) is 18.7 Å². The SMILES string of the molecule is O=C(Cn1cc(Br)ccc1=O)NCc1ncn[nH]1. The van der Waals surface area contributed by atoms with Crippen LogP contribution in [0, 0.1) is 0 Å². The van der Waals surface area contributed by atoms with Gasteiger partial charge in [0.2, 0.25) is 5.91 Å². The molecular formula is C10H10BrN5O2. The first kappa shape index (κ1) is 12.5. The van der Waals surface area contributed by atoms with Crippen molar-refractivity contribution in [2.75, 3.05) is 0 Å². The number of nitrogens with zero attached hydrogens (tertiary/aromatic N) is 3. The normalized spacial score (nSPS) is 10.3. The third-order valence-corrected chi connectivity index (χ3v) is 2.65. The van der Waals surface area contributed by atoms with E-state index in [2.05, 4.69) is 36.4 Å². The molecule has 2 N–H and O–H groups in total. The first-order valence-electron chi connectivity index (χ1n) is 5.12. The Morgan fingerprint density at radius 3 is 3.06 bits per heavy atom. The highest BCUT2D eigenvalue weighted by Gasteiger charge is 2.05. The maximum Gasteiger partial charge on any atom is 0.251 e. The van der Waals surface area contributed by atoms with Crippen LogP contribution in [0.5, 0.6) is 0 Å². The van der Waals surface area contributed by atoms with Crippen molar-refractivity contribution in [2.45, 2.75) is 13.1 Å². The Morgan fingerprint density at radius 2 is 2.33 bits per heavy atom. The van der Waals surface area contributed by atoms with Gasteiger partial charge >= 0.3 is 0 Å². The number of amides is 1. The molecule has 1 amide bonds. The molecule has 2 heterocycles. The highest BCUT2D eigenvalue weighted by molar-refractivity contribution is 9.10. The molecule has 2 aromatic rings. The third-order valence-electron chi connectivity index (χ3n) is 2.18. The van der Waals surface area contributed by atoms with Gasteiger partial charge in [-0.15, -0.1) is 0 Å². The van der Waals surface area contributed by atoms with Gasteiger partial charge in [0, 0.05) is 16.7 Å². The van der Waals surface area contributed by atoms with Crippen LogP contribution in [0.2, 0.25) is 0 Å². The van der Waals surface area contributed by atoms with Crippen LogP contribution in [0.4, 0.5) is 0 Å². The summed E-state index contributed by atoms with van der Waals surface area (Å²) < 4.78 is 2.06. The lowest BCUT2D eigenvalue weighted by Crippen LogP contribution is -2.31. The third kappa shape index (κ3) is 3.27. The van der Waals surface area contributed by atoms with Crippen LogP contribution in [0.15, 0.2) is 33.9 Å². The summed E-state index contributed by atoms with van der Waals surface area (Å²) in [7, 11) is 0. The number of aromatic nitrogens is 4. The Hall–Kier alpha value is -1.96. The van der Waals surface area contributed by atoms with E-state index in [4.69, 9.17) is 0 Å². The lowest BCUT2D eigenvalue weighted by atomic mass is 10.4. The Bertz CT molecular complexity index is 593. The van der Waals surface area contributed by atoms with E-state index < -0.39 is 0 Å². The fourth-order valence-corrected chi connectivity index (χ4v) is 1.71. The number of H-pyrrole nitrogens is 1. The maximum absolute atomic E-state index is 11.6. The smallest absolute Gasteiger partial charge is 0.251 e. The minimum absolute atomic E-state index is 0.0353. The van der Waals surface area contributed by atoms with Gasteiger partial charge in [-0.25, -0.2) is 4.98 Å². The van der Waals surface area contributed by atoms with Crippen LogP contribution < -0.4 is 10.9 Å². The average Bonchev–Trinajstić information content (AvgIpc) is 2.84. The van der Waals surface area contributed by atoms with Gasteiger partial charge in [-0.05, 0) is 22.0 Å². The molecule has 0 fully saturated rings. The summed E-state index contributed by atoms with van der Waals surface area (Å²) >= 11 is 3.24. The molecule has 0 aliphatic carbocycles. The van der Waals surface area contributed by atoms with Gasteiger partial charge in [-0.3, -0.25) is 14.7 Å². The Balaban J connectivity index is 1.95. The highest BCUT2D eigenvalue weighted by Crippen LogP contribution is 2.04. The van der Waals surface area contributed by atoms with Crippen LogP contribution in [-0.2, 0) is 17.9 Å². The first-order chi connectivity index (χ1) is 8.65. The van der Waals surface area contributed by atoms with Crippen LogP contribution in [0.3, 0.4) is 0 Å². The minimum Gasteiger partial charge on any atom is -0.347 e. The summed E-state index contributed by atoms with van der Waals surface area (Å²) in [6.45, 7) is 0.216. The minimum atomic E-state index is -0.272. The lowest BCUT2D eigenvalue weighted by molar-refractivity contribution is -0.121. The lowest BCUT2D eigenvalue weighted by Gasteiger charge is -2.06. The molecule has 0 spiro atoms. The predicted molar refractivity (Wildman–Crippen MR) is 66.6 cm³/mol. The van der Waals surface area contributed by atoms with Gasteiger partial charge in [-0.1, -0.05) is 0 Å². The molecule has 7 nitrogen and oxygen atoms in total. The Labute approximate surface area is 110 Å². The summed E-state index contributed by atoms with van der Waals surface area (Å²) in [4.78, 5) is 27.0. The second-order valence-electron chi connectivity index (χ2n) is 3.52. The van der Waals surface area contributed by atoms with E-state index in [1.165, 1.54) is 17.0 Å². The van der Waals surface area contributed by atoms with Crippen molar-refractivity contribution in [1.82, 2.24) is 25.1 Å². The molecule has 0 saturated heterocycles. The summed E-state index contributed by atoms with van der Waals surface area (Å²) in [6, 6.07) is 3.03. The van der Waals surface area contributed by atoms with Gasteiger partial charge in [0.05, 0.1) is 6.54 Å². The van der Waals surface area contributed by atoms with E-state index in [1.807, 2.05) is 0 Å².